The van der Waals surface area contributed by atoms with Gasteiger partial charge in [-0.1, -0.05) is 78.9 Å². The second-order valence-electron chi connectivity index (χ2n) is 8.95. The third-order valence-electron chi connectivity index (χ3n) is 6.97. The fourth-order valence-electron chi connectivity index (χ4n) is 5.19. The first-order valence-electron chi connectivity index (χ1n) is 11.6. The van der Waals surface area contributed by atoms with Gasteiger partial charge in [0.1, 0.15) is 0 Å². The molecule has 0 N–H and O–H groups in total. The van der Waals surface area contributed by atoms with E-state index in [-0.39, 0.29) is 0 Å². The summed E-state index contributed by atoms with van der Waals surface area (Å²) < 4.78 is 2.71. The molecular formula is C32H22S. The summed E-state index contributed by atoms with van der Waals surface area (Å²) >= 11 is 1.87. The van der Waals surface area contributed by atoms with E-state index >= 15 is 0 Å². The summed E-state index contributed by atoms with van der Waals surface area (Å²) in [5.41, 5.74) is 8.17. The van der Waals surface area contributed by atoms with Gasteiger partial charge in [-0.15, -0.1) is 11.3 Å². The standard InChI is InChI=1S/C32H22S/c1-2-6-22-17-23(10-9-21(22)5-1)24-11-12-26-19-27(14-13-25(26)18-24)28-15-16-32-30(20-28)29-7-3-4-8-31(29)33-32/h1-8,11-20H,9-10H2. The predicted molar refractivity (Wildman–Crippen MR) is 145 cm³/mol. The molecule has 0 bridgehead atoms. The number of aryl methyl sites for hydroxylation is 1. The average Bonchev–Trinajstić information content (AvgIpc) is 3.26. The smallest absolute Gasteiger partial charge is 0.0355 e. The Morgan fingerprint density at radius 3 is 2.15 bits per heavy atom. The van der Waals surface area contributed by atoms with Crippen LogP contribution in [0, 0.1) is 0 Å². The van der Waals surface area contributed by atoms with Crippen LogP contribution in [-0.2, 0) is 6.42 Å². The Balaban J connectivity index is 1.28. The minimum absolute atomic E-state index is 1.11. The van der Waals surface area contributed by atoms with Crippen molar-refractivity contribution >= 4 is 53.9 Å². The molecule has 1 heterocycles. The number of hydrogen-bond donors (Lipinski definition) is 0. The Labute approximate surface area is 197 Å². The molecule has 0 amide bonds. The summed E-state index contributed by atoms with van der Waals surface area (Å²) in [6.07, 6.45) is 4.60. The molecule has 0 spiro atoms. The highest BCUT2D eigenvalue weighted by atomic mass is 32.1. The molecule has 0 atom stereocenters. The number of fused-ring (bicyclic) bond motifs is 5. The summed E-state index contributed by atoms with van der Waals surface area (Å²) in [7, 11) is 0. The number of rotatable bonds is 2. The van der Waals surface area contributed by atoms with Crippen molar-refractivity contribution in [3.8, 4) is 11.1 Å². The molecule has 0 saturated carbocycles. The Morgan fingerprint density at radius 2 is 1.21 bits per heavy atom. The summed E-state index contributed by atoms with van der Waals surface area (Å²) in [6.45, 7) is 0. The fourth-order valence-corrected chi connectivity index (χ4v) is 6.28. The first-order chi connectivity index (χ1) is 16.3. The minimum atomic E-state index is 1.11. The normalized spacial score (nSPS) is 13.4. The van der Waals surface area contributed by atoms with E-state index in [9.17, 15) is 0 Å². The molecule has 1 aliphatic carbocycles. The highest BCUT2D eigenvalue weighted by Gasteiger charge is 2.12. The average molecular weight is 439 g/mol. The molecule has 156 valence electrons. The zero-order valence-corrected chi connectivity index (χ0v) is 19.0. The Kier molecular flexibility index (Phi) is 4.25. The van der Waals surface area contributed by atoms with E-state index in [1.807, 2.05) is 11.3 Å². The van der Waals surface area contributed by atoms with Crippen molar-refractivity contribution in [2.75, 3.05) is 0 Å². The van der Waals surface area contributed by atoms with Crippen molar-refractivity contribution < 1.29 is 0 Å². The zero-order chi connectivity index (χ0) is 21.8. The molecule has 33 heavy (non-hydrogen) atoms. The van der Waals surface area contributed by atoms with Crippen molar-refractivity contribution in [3.63, 3.8) is 0 Å². The summed E-state index contributed by atoms with van der Waals surface area (Å²) in [5, 5.41) is 5.31. The van der Waals surface area contributed by atoms with Crippen LogP contribution < -0.4 is 0 Å². The van der Waals surface area contributed by atoms with Crippen LogP contribution in [0.15, 0.2) is 103 Å². The van der Waals surface area contributed by atoms with Crippen LogP contribution in [0.2, 0.25) is 0 Å². The van der Waals surface area contributed by atoms with Gasteiger partial charge in [-0.25, -0.2) is 0 Å². The van der Waals surface area contributed by atoms with Crippen LogP contribution in [-0.4, -0.2) is 0 Å². The first kappa shape index (κ1) is 18.8. The lowest BCUT2D eigenvalue weighted by Gasteiger charge is -2.17. The molecule has 1 aromatic heterocycles. The largest absolute Gasteiger partial charge is 0.135 e. The van der Waals surface area contributed by atoms with E-state index in [0.29, 0.717) is 0 Å². The van der Waals surface area contributed by atoms with Gasteiger partial charge in [-0.3, -0.25) is 0 Å². The lowest BCUT2D eigenvalue weighted by molar-refractivity contribution is 1.00. The Bertz CT molecular complexity index is 1710. The van der Waals surface area contributed by atoms with E-state index in [1.165, 1.54) is 64.3 Å². The van der Waals surface area contributed by atoms with Crippen molar-refractivity contribution in [1.29, 1.82) is 0 Å². The molecule has 1 heteroatoms. The third-order valence-corrected chi connectivity index (χ3v) is 8.12. The molecule has 0 aliphatic heterocycles. The van der Waals surface area contributed by atoms with E-state index in [0.717, 1.165) is 12.8 Å². The monoisotopic (exact) mass is 438 g/mol. The van der Waals surface area contributed by atoms with Gasteiger partial charge in [0.2, 0.25) is 0 Å². The van der Waals surface area contributed by atoms with Gasteiger partial charge < -0.3 is 0 Å². The van der Waals surface area contributed by atoms with E-state index in [1.54, 1.807) is 0 Å². The van der Waals surface area contributed by atoms with Crippen molar-refractivity contribution in [1.82, 2.24) is 0 Å². The van der Waals surface area contributed by atoms with Gasteiger partial charge in [-0.2, -0.15) is 0 Å². The minimum Gasteiger partial charge on any atom is -0.135 e. The quantitative estimate of drug-likeness (QED) is 0.253. The van der Waals surface area contributed by atoms with Gasteiger partial charge in [0.05, 0.1) is 0 Å². The molecule has 0 unspecified atom stereocenters. The maximum atomic E-state index is 2.37. The second kappa shape index (κ2) is 7.43. The van der Waals surface area contributed by atoms with Crippen LogP contribution in [0.3, 0.4) is 0 Å². The zero-order valence-electron chi connectivity index (χ0n) is 18.2. The van der Waals surface area contributed by atoms with Crippen LogP contribution in [0.4, 0.5) is 0 Å². The van der Waals surface area contributed by atoms with Crippen molar-refractivity contribution in [3.05, 3.63) is 120 Å². The molecule has 0 radical (unpaired) electrons. The second-order valence-corrected chi connectivity index (χ2v) is 10.0. The van der Waals surface area contributed by atoms with Crippen molar-refractivity contribution in [2.24, 2.45) is 0 Å². The number of allylic oxidation sites excluding steroid dienone is 1. The van der Waals surface area contributed by atoms with Gasteiger partial charge >= 0.3 is 0 Å². The molecular weight excluding hydrogens is 416 g/mol. The highest BCUT2D eigenvalue weighted by molar-refractivity contribution is 7.25. The van der Waals surface area contributed by atoms with E-state index < -0.39 is 0 Å². The van der Waals surface area contributed by atoms with Crippen molar-refractivity contribution in [2.45, 2.75) is 12.8 Å². The van der Waals surface area contributed by atoms with Crippen LogP contribution in [0.25, 0.3) is 53.7 Å². The highest BCUT2D eigenvalue weighted by Crippen LogP contribution is 2.37. The van der Waals surface area contributed by atoms with Gasteiger partial charge in [-0.05, 0) is 87.3 Å². The van der Waals surface area contributed by atoms with Crippen LogP contribution >= 0.6 is 11.3 Å². The lowest BCUT2D eigenvalue weighted by atomic mass is 9.88. The van der Waals surface area contributed by atoms with E-state index in [2.05, 4.69) is 109 Å². The molecule has 0 nitrogen and oxygen atoms in total. The van der Waals surface area contributed by atoms with Gasteiger partial charge in [0, 0.05) is 20.2 Å². The Morgan fingerprint density at radius 1 is 0.515 bits per heavy atom. The molecule has 6 aromatic rings. The van der Waals surface area contributed by atoms with Crippen LogP contribution in [0.1, 0.15) is 23.1 Å². The summed E-state index contributed by atoms with van der Waals surface area (Å²) in [4.78, 5) is 0. The molecule has 0 fully saturated rings. The van der Waals surface area contributed by atoms with E-state index in [4.69, 9.17) is 0 Å². The Hall–Kier alpha value is -3.68. The third kappa shape index (κ3) is 3.20. The predicted octanol–water partition coefficient (Wildman–Crippen LogP) is 9.36. The maximum Gasteiger partial charge on any atom is 0.0355 e. The molecule has 7 rings (SSSR count). The maximum absolute atomic E-state index is 2.37. The van der Waals surface area contributed by atoms with Gasteiger partial charge in [0.15, 0.2) is 0 Å². The summed E-state index contributed by atoms with van der Waals surface area (Å²) in [6, 6.07) is 38.2. The molecule has 5 aromatic carbocycles. The molecule has 1 aliphatic rings. The summed E-state index contributed by atoms with van der Waals surface area (Å²) in [5.74, 6) is 0. The lowest BCUT2D eigenvalue weighted by Crippen LogP contribution is -1.98. The number of benzene rings is 5. The van der Waals surface area contributed by atoms with Crippen LogP contribution in [0.5, 0.6) is 0 Å². The SMILES string of the molecule is C1=C(c2ccc3cc(-c4ccc5sc6ccccc6c5c4)ccc3c2)CCc2ccccc21. The van der Waals surface area contributed by atoms with Gasteiger partial charge in [0.25, 0.3) is 0 Å². The first-order valence-corrected chi connectivity index (χ1v) is 12.4. The fraction of sp³-hybridized carbons (Fsp3) is 0.0625. The molecule has 0 saturated heterocycles. The number of thiophene rings is 1. The topological polar surface area (TPSA) is 0 Å². The number of hydrogen-bond acceptors (Lipinski definition) is 1.